The number of halogens is 1. The van der Waals surface area contributed by atoms with Gasteiger partial charge in [-0.05, 0) is 42.0 Å². The third-order valence-corrected chi connectivity index (χ3v) is 5.42. The molecule has 2 amide bonds. The van der Waals surface area contributed by atoms with Gasteiger partial charge in [0.05, 0.1) is 6.54 Å². The number of amides is 2. The second-order valence-corrected chi connectivity index (χ2v) is 7.91. The molecule has 152 valence electrons. The van der Waals surface area contributed by atoms with Crippen LogP contribution in [0.15, 0.2) is 65.7 Å². The SMILES string of the molecule is C=CC(=O)Nc1cccc(C(=O)N2CCn3c(Cc4cccc(Br)c4)nnc3C2)c1. The Morgan fingerprint density at radius 3 is 2.77 bits per heavy atom. The molecular weight excluding hydrogens is 446 g/mol. The van der Waals surface area contributed by atoms with Gasteiger partial charge in [0.2, 0.25) is 5.91 Å². The van der Waals surface area contributed by atoms with Gasteiger partial charge in [-0.25, -0.2) is 0 Å². The molecule has 0 radical (unpaired) electrons. The number of rotatable bonds is 5. The van der Waals surface area contributed by atoms with Crippen molar-refractivity contribution in [2.45, 2.75) is 19.5 Å². The molecule has 0 spiro atoms. The molecule has 1 aliphatic rings. The van der Waals surface area contributed by atoms with E-state index in [0.717, 1.165) is 21.7 Å². The van der Waals surface area contributed by atoms with Gasteiger partial charge in [0, 0.05) is 35.2 Å². The molecule has 2 aromatic carbocycles. The molecule has 1 N–H and O–H groups in total. The summed E-state index contributed by atoms with van der Waals surface area (Å²) < 4.78 is 3.12. The second-order valence-electron chi connectivity index (χ2n) is 6.99. The quantitative estimate of drug-likeness (QED) is 0.585. The number of anilines is 1. The Bertz CT molecular complexity index is 1120. The fourth-order valence-electron chi connectivity index (χ4n) is 3.46. The Kier molecular flexibility index (Phi) is 5.76. The average Bonchev–Trinajstić information content (AvgIpc) is 3.15. The van der Waals surface area contributed by atoms with Gasteiger partial charge in [-0.2, -0.15) is 0 Å². The predicted octanol–water partition coefficient (Wildman–Crippen LogP) is 3.41. The number of carbonyl (C=O) groups excluding carboxylic acids is 2. The molecule has 7 nitrogen and oxygen atoms in total. The van der Waals surface area contributed by atoms with Crippen LogP contribution in [0.3, 0.4) is 0 Å². The van der Waals surface area contributed by atoms with Gasteiger partial charge in [0.15, 0.2) is 5.82 Å². The van der Waals surface area contributed by atoms with Crippen LogP contribution >= 0.6 is 15.9 Å². The third-order valence-electron chi connectivity index (χ3n) is 4.93. The lowest BCUT2D eigenvalue weighted by Gasteiger charge is -2.28. The first kappa shape index (κ1) is 20.0. The van der Waals surface area contributed by atoms with E-state index in [4.69, 9.17) is 0 Å². The molecule has 8 heteroatoms. The summed E-state index contributed by atoms with van der Waals surface area (Å²) in [6.45, 7) is 5.04. The summed E-state index contributed by atoms with van der Waals surface area (Å²) in [6.07, 6.45) is 1.88. The number of carbonyl (C=O) groups is 2. The summed E-state index contributed by atoms with van der Waals surface area (Å²) in [6, 6.07) is 15.0. The first-order valence-electron chi connectivity index (χ1n) is 9.51. The average molecular weight is 466 g/mol. The topological polar surface area (TPSA) is 80.1 Å². The van der Waals surface area contributed by atoms with Crippen molar-refractivity contribution in [3.8, 4) is 0 Å². The summed E-state index contributed by atoms with van der Waals surface area (Å²) >= 11 is 3.49. The highest BCUT2D eigenvalue weighted by molar-refractivity contribution is 9.10. The van der Waals surface area contributed by atoms with Crippen molar-refractivity contribution in [1.82, 2.24) is 19.7 Å². The molecule has 0 aliphatic carbocycles. The molecule has 1 aromatic heterocycles. The van der Waals surface area contributed by atoms with Crippen LogP contribution in [-0.4, -0.2) is 38.0 Å². The number of nitrogens with zero attached hydrogens (tertiary/aromatic N) is 4. The van der Waals surface area contributed by atoms with Gasteiger partial charge < -0.3 is 14.8 Å². The second kappa shape index (κ2) is 8.62. The van der Waals surface area contributed by atoms with E-state index in [-0.39, 0.29) is 11.8 Å². The molecule has 0 saturated heterocycles. The normalized spacial score (nSPS) is 12.9. The highest BCUT2D eigenvalue weighted by atomic mass is 79.9. The number of nitrogens with one attached hydrogen (secondary N) is 1. The minimum absolute atomic E-state index is 0.104. The van der Waals surface area contributed by atoms with Crippen LogP contribution in [0.25, 0.3) is 0 Å². The maximum Gasteiger partial charge on any atom is 0.254 e. The van der Waals surface area contributed by atoms with E-state index >= 15 is 0 Å². The molecule has 0 fully saturated rings. The highest BCUT2D eigenvalue weighted by Gasteiger charge is 2.25. The maximum absolute atomic E-state index is 13.0. The molecule has 2 heterocycles. The lowest BCUT2D eigenvalue weighted by Crippen LogP contribution is -2.38. The molecule has 0 saturated carbocycles. The van der Waals surface area contributed by atoms with Crippen LogP contribution in [0.4, 0.5) is 5.69 Å². The van der Waals surface area contributed by atoms with Gasteiger partial charge in [0.25, 0.3) is 5.91 Å². The molecule has 0 unspecified atom stereocenters. The summed E-state index contributed by atoms with van der Waals surface area (Å²) in [5.74, 6) is 1.25. The van der Waals surface area contributed by atoms with Gasteiger partial charge in [-0.3, -0.25) is 9.59 Å². The highest BCUT2D eigenvalue weighted by Crippen LogP contribution is 2.20. The number of fused-ring (bicyclic) bond motifs is 1. The zero-order chi connectivity index (χ0) is 21.1. The number of hydrogen-bond acceptors (Lipinski definition) is 4. The summed E-state index contributed by atoms with van der Waals surface area (Å²) in [5, 5.41) is 11.3. The standard InChI is InChI=1S/C22H20BrN5O2/c1-2-21(29)24-18-8-4-6-16(13-18)22(30)27-9-10-28-19(25-26-20(28)14-27)12-15-5-3-7-17(23)11-15/h2-8,11,13H,1,9-10,12,14H2,(H,24,29). The van der Waals surface area contributed by atoms with Crippen molar-refractivity contribution in [3.63, 3.8) is 0 Å². The Hall–Kier alpha value is -3.26. The lowest BCUT2D eigenvalue weighted by molar-refractivity contribution is -0.111. The largest absolute Gasteiger partial charge is 0.329 e. The Morgan fingerprint density at radius 2 is 1.97 bits per heavy atom. The first-order chi connectivity index (χ1) is 14.5. The van der Waals surface area contributed by atoms with Crippen molar-refractivity contribution in [1.29, 1.82) is 0 Å². The van der Waals surface area contributed by atoms with Crippen LogP contribution in [0.2, 0.25) is 0 Å². The molecule has 4 rings (SSSR count). The van der Waals surface area contributed by atoms with Crippen LogP contribution < -0.4 is 5.32 Å². The smallest absolute Gasteiger partial charge is 0.254 e. The minimum Gasteiger partial charge on any atom is -0.329 e. The maximum atomic E-state index is 13.0. The minimum atomic E-state index is -0.316. The molecule has 0 bridgehead atoms. The molecule has 30 heavy (non-hydrogen) atoms. The van der Waals surface area contributed by atoms with Crippen molar-refractivity contribution < 1.29 is 9.59 Å². The van der Waals surface area contributed by atoms with E-state index in [0.29, 0.717) is 37.3 Å². The van der Waals surface area contributed by atoms with E-state index < -0.39 is 0 Å². The van der Waals surface area contributed by atoms with Crippen LogP contribution in [-0.2, 0) is 24.3 Å². The first-order valence-corrected chi connectivity index (χ1v) is 10.3. The fourth-order valence-corrected chi connectivity index (χ4v) is 3.90. The Morgan fingerprint density at radius 1 is 1.13 bits per heavy atom. The lowest BCUT2D eigenvalue weighted by atomic mass is 10.1. The number of hydrogen-bond donors (Lipinski definition) is 1. The van der Waals surface area contributed by atoms with Crippen LogP contribution in [0, 0.1) is 0 Å². The van der Waals surface area contributed by atoms with E-state index in [2.05, 4.69) is 54.7 Å². The monoisotopic (exact) mass is 465 g/mol. The fraction of sp³-hybridized carbons (Fsp3) is 0.182. The summed E-state index contributed by atoms with van der Waals surface area (Å²) in [7, 11) is 0. The van der Waals surface area contributed by atoms with E-state index in [1.807, 2.05) is 12.1 Å². The van der Waals surface area contributed by atoms with E-state index in [1.54, 1.807) is 29.2 Å². The molecule has 3 aromatic rings. The Labute approximate surface area is 182 Å². The van der Waals surface area contributed by atoms with Crippen molar-refractivity contribution >= 4 is 33.4 Å². The molecular formula is C22H20BrN5O2. The number of aromatic nitrogens is 3. The zero-order valence-corrected chi connectivity index (χ0v) is 17.8. The van der Waals surface area contributed by atoms with Crippen molar-refractivity contribution in [3.05, 3.63) is 88.4 Å². The van der Waals surface area contributed by atoms with Crippen molar-refractivity contribution in [2.24, 2.45) is 0 Å². The van der Waals surface area contributed by atoms with Gasteiger partial charge in [-0.15, -0.1) is 10.2 Å². The van der Waals surface area contributed by atoms with Crippen molar-refractivity contribution in [2.75, 3.05) is 11.9 Å². The zero-order valence-electron chi connectivity index (χ0n) is 16.2. The summed E-state index contributed by atoms with van der Waals surface area (Å²) in [4.78, 5) is 26.2. The van der Waals surface area contributed by atoms with Gasteiger partial charge >= 0.3 is 0 Å². The van der Waals surface area contributed by atoms with E-state index in [9.17, 15) is 9.59 Å². The van der Waals surface area contributed by atoms with E-state index in [1.165, 1.54) is 6.08 Å². The predicted molar refractivity (Wildman–Crippen MR) is 117 cm³/mol. The van der Waals surface area contributed by atoms with Crippen LogP contribution in [0.5, 0.6) is 0 Å². The third kappa shape index (κ3) is 4.33. The van der Waals surface area contributed by atoms with Gasteiger partial charge in [-0.1, -0.05) is 40.7 Å². The Balaban J connectivity index is 1.48. The number of benzene rings is 2. The molecule has 1 aliphatic heterocycles. The molecule has 0 atom stereocenters. The van der Waals surface area contributed by atoms with Gasteiger partial charge in [0.1, 0.15) is 5.82 Å². The van der Waals surface area contributed by atoms with Crippen LogP contribution in [0.1, 0.15) is 27.6 Å². The summed E-state index contributed by atoms with van der Waals surface area (Å²) in [5.41, 5.74) is 2.22.